The summed E-state index contributed by atoms with van der Waals surface area (Å²) in [5.74, 6) is -0.316. The van der Waals surface area contributed by atoms with Gasteiger partial charge in [0.2, 0.25) is 0 Å². The maximum absolute atomic E-state index is 13.7. The summed E-state index contributed by atoms with van der Waals surface area (Å²) in [6.45, 7) is 0. The second-order valence-corrected chi connectivity index (χ2v) is 4.60. The van der Waals surface area contributed by atoms with Gasteiger partial charge in [-0.3, -0.25) is 4.79 Å². The first-order valence-electron chi connectivity index (χ1n) is 5.20. The van der Waals surface area contributed by atoms with Gasteiger partial charge in [-0.05, 0) is 6.07 Å². The van der Waals surface area contributed by atoms with Gasteiger partial charge in [0.15, 0.2) is 5.78 Å². The second-order valence-electron chi connectivity index (χ2n) is 3.80. The number of hydrogen-bond acceptors (Lipinski definition) is 3. The van der Waals surface area contributed by atoms with E-state index in [2.05, 4.69) is 4.40 Å². The molecule has 0 radical (unpaired) electrons. The Kier molecular flexibility index (Phi) is 2.44. The van der Waals surface area contributed by atoms with Crippen LogP contribution in [-0.4, -0.2) is 12.0 Å². The number of ketones is 1. The molecule has 84 valence electrons. The van der Waals surface area contributed by atoms with Crippen molar-refractivity contribution in [2.75, 3.05) is 0 Å². The molecule has 1 aromatic rings. The summed E-state index contributed by atoms with van der Waals surface area (Å²) in [6.07, 6.45) is 5.66. The fourth-order valence-electron chi connectivity index (χ4n) is 1.99. The fourth-order valence-corrected chi connectivity index (χ4v) is 2.68. The maximum atomic E-state index is 13.7. The van der Waals surface area contributed by atoms with Crippen molar-refractivity contribution in [3.63, 3.8) is 0 Å². The van der Waals surface area contributed by atoms with Crippen molar-refractivity contribution in [2.24, 2.45) is 4.40 Å². The highest BCUT2D eigenvalue weighted by Gasteiger charge is 2.24. The number of hydrogen-bond donors (Lipinski definition) is 0. The van der Waals surface area contributed by atoms with Crippen molar-refractivity contribution in [1.82, 2.24) is 0 Å². The number of rotatable bonds is 0. The molecule has 2 aliphatic rings. The summed E-state index contributed by atoms with van der Waals surface area (Å²) >= 11 is 1.07. The summed E-state index contributed by atoms with van der Waals surface area (Å²) in [5, 5.41) is 0. The highest BCUT2D eigenvalue weighted by molar-refractivity contribution is 7.98. The van der Waals surface area contributed by atoms with Gasteiger partial charge in [0, 0.05) is 41.3 Å². The van der Waals surface area contributed by atoms with E-state index in [4.69, 9.17) is 0 Å². The Labute approximate surface area is 102 Å². The maximum Gasteiger partial charge on any atom is 0.167 e. The molecular weight excluding hydrogens is 237 g/mol. The van der Waals surface area contributed by atoms with Gasteiger partial charge in [-0.1, -0.05) is 24.3 Å². The number of carbonyl (C=O) groups excluding carboxylic acids is 1. The van der Waals surface area contributed by atoms with Crippen LogP contribution in [0.3, 0.4) is 0 Å². The Hall–Kier alpha value is -1.68. The Morgan fingerprint density at radius 3 is 3.12 bits per heavy atom. The summed E-state index contributed by atoms with van der Waals surface area (Å²) in [7, 11) is 0. The molecule has 0 fully saturated rings. The zero-order valence-corrected chi connectivity index (χ0v) is 9.63. The van der Waals surface area contributed by atoms with Gasteiger partial charge in [-0.15, -0.1) is 0 Å². The number of allylic oxidation sites excluding steroid dienone is 4. The Balaban J connectivity index is 2.32. The second kappa shape index (κ2) is 3.96. The predicted octanol–water partition coefficient (Wildman–Crippen LogP) is 3.20. The quantitative estimate of drug-likeness (QED) is 0.657. The van der Waals surface area contributed by atoms with Gasteiger partial charge in [-0.25, -0.2) is 8.79 Å². The normalized spacial score (nSPS) is 17.8. The lowest BCUT2D eigenvalue weighted by atomic mass is 9.91. The molecule has 2 nitrogen and oxygen atoms in total. The Bertz CT molecular complexity index is 601. The minimum absolute atomic E-state index is 0.0169. The molecule has 4 heteroatoms. The zero-order valence-electron chi connectivity index (χ0n) is 8.81. The highest BCUT2D eigenvalue weighted by Crippen LogP contribution is 2.37. The molecule has 3 rings (SSSR count). The van der Waals surface area contributed by atoms with Crippen molar-refractivity contribution in [1.29, 1.82) is 0 Å². The van der Waals surface area contributed by atoms with Crippen molar-refractivity contribution >= 4 is 29.5 Å². The van der Waals surface area contributed by atoms with Crippen molar-refractivity contribution in [3.05, 3.63) is 47.3 Å². The lowest BCUT2D eigenvalue weighted by Gasteiger charge is -2.13. The molecule has 1 heterocycles. The molecule has 0 bridgehead atoms. The summed E-state index contributed by atoms with van der Waals surface area (Å²) in [4.78, 5) is 12.4. The van der Waals surface area contributed by atoms with Gasteiger partial charge in [0.25, 0.3) is 0 Å². The topological polar surface area (TPSA) is 29.4 Å². The van der Waals surface area contributed by atoms with Gasteiger partial charge >= 0.3 is 0 Å². The van der Waals surface area contributed by atoms with Crippen LogP contribution in [0.5, 0.6) is 0 Å². The van der Waals surface area contributed by atoms with Crippen molar-refractivity contribution < 1.29 is 9.18 Å². The largest absolute Gasteiger partial charge is 0.294 e. The van der Waals surface area contributed by atoms with E-state index in [-0.39, 0.29) is 11.6 Å². The predicted molar refractivity (Wildman–Crippen MR) is 66.4 cm³/mol. The third-order valence-electron chi connectivity index (χ3n) is 2.74. The van der Waals surface area contributed by atoms with E-state index >= 15 is 0 Å². The SMILES string of the molecule is O=C1CC=CC2=C1c1cccc(F)c1SN=C2. The zero-order chi connectivity index (χ0) is 11.8. The smallest absolute Gasteiger partial charge is 0.167 e. The first kappa shape index (κ1) is 10.5. The molecule has 0 saturated carbocycles. The number of benzene rings is 1. The third kappa shape index (κ3) is 1.65. The van der Waals surface area contributed by atoms with E-state index in [1.165, 1.54) is 6.07 Å². The number of Topliss-reactive ketones (excluding diaryl/α,β-unsaturated/α-hetero) is 1. The molecule has 0 atom stereocenters. The van der Waals surface area contributed by atoms with Crippen LogP contribution in [0.1, 0.15) is 12.0 Å². The average molecular weight is 245 g/mol. The third-order valence-corrected chi connectivity index (χ3v) is 3.55. The van der Waals surface area contributed by atoms with Crippen LogP contribution in [0.25, 0.3) is 5.57 Å². The van der Waals surface area contributed by atoms with Crippen LogP contribution in [-0.2, 0) is 4.79 Å². The molecule has 0 aromatic heterocycles. The Morgan fingerprint density at radius 1 is 1.35 bits per heavy atom. The molecule has 0 N–H and O–H groups in total. The van der Waals surface area contributed by atoms with E-state index < -0.39 is 0 Å². The van der Waals surface area contributed by atoms with E-state index in [1.54, 1.807) is 18.3 Å². The summed E-state index contributed by atoms with van der Waals surface area (Å²) in [5.41, 5.74) is 1.99. The van der Waals surface area contributed by atoms with Crippen molar-refractivity contribution in [2.45, 2.75) is 11.3 Å². The van der Waals surface area contributed by atoms with Crippen LogP contribution in [0.4, 0.5) is 4.39 Å². The lowest BCUT2D eigenvalue weighted by molar-refractivity contribution is -0.113. The van der Waals surface area contributed by atoms with Gasteiger partial charge in [-0.2, -0.15) is 0 Å². The summed E-state index contributed by atoms with van der Waals surface area (Å²) in [6, 6.07) is 4.78. The van der Waals surface area contributed by atoms with Crippen LogP contribution in [0.15, 0.2) is 45.2 Å². The number of halogens is 1. The molecular formula is C13H8FNOS. The Morgan fingerprint density at radius 2 is 2.24 bits per heavy atom. The minimum Gasteiger partial charge on any atom is -0.294 e. The average Bonchev–Trinajstić information content (AvgIpc) is 2.50. The number of fused-ring (bicyclic) bond motifs is 2. The standard InChI is InChI=1S/C13H8FNOS/c14-10-5-2-4-9-12-8(3-1-6-11(12)16)7-15-17-13(9)10/h1-5,7H,6H2. The van der Waals surface area contributed by atoms with Crippen LogP contribution < -0.4 is 0 Å². The van der Waals surface area contributed by atoms with Gasteiger partial charge in [0.1, 0.15) is 5.82 Å². The van der Waals surface area contributed by atoms with E-state index in [9.17, 15) is 9.18 Å². The van der Waals surface area contributed by atoms with Gasteiger partial charge in [0.05, 0.1) is 4.90 Å². The number of carbonyl (C=O) groups is 1. The highest BCUT2D eigenvalue weighted by atomic mass is 32.2. The van der Waals surface area contributed by atoms with E-state index in [1.807, 2.05) is 12.2 Å². The molecule has 0 unspecified atom stereocenters. The molecule has 0 saturated heterocycles. The van der Waals surface area contributed by atoms with Crippen molar-refractivity contribution in [3.8, 4) is 0 Å². The monoisotopic (exact) mass is 245 g/mol. The molecule has 1 aliphatic heterocycles. The molecule has 1 aliphatic carbocycles. The molecule has 0 spiro atoms. The minimum atomic E-state index is -0.333. The molecule has 17 heavy (non-hydrogen) atoms. The molecule has 1 aromatic carbocycles. The first-order chi connectivity index (χ1) is 8.27. The fraction of sp³-hybridized carbons (Fsp3) is 0.0769. The molecule has 0 amide bonds. The van der Waals surface area contributed by atoms with E-state index in [0.717, 1.165) is 17.5 Å². The van der Waals surface area contributed by atoms with Crippen LogP contribution in [0.2, 0.25) is 0 Å². The number of nitrogens with zero attached hydrogens (tertiary/aromatic N) is 1. The lowest BCUT2D eigenvalue weighted by Crippen LogP contribution is -2.08. The van der Waals surface area contributed by atoms with E-state index in [0.29, 0.717) is 22.5 Å². The first-order valence-corrected chi connectivity index (χ1v) is 5.98. The van der Waals surface area contributed by atoms with Crippen LogP contribution in [0, 0.1) is 5.82 Å². The van der Waals surface area contributed by atoms with Crippen LogP contribution >= 0.6 is 11.9 Å². The summed E-state index contributed by atoms with van der Waals surface area (Å²) < 4.78 is 17.8. The van der Waals surface area contributed by atoms with Gasteiger partial charge < -0.3 is 0 Å².